The Bertz CT molecular complexity index is 1310. The van der Waals surface area contributed by atoms with Crippen LogP contribution in [0.5, 0.6) is 0 Å². The van der Waals surface area contributed by atoms with Gasteiger partial charge in [-0.25, -0.2) is 4.98 Å². The summed E-state index contributed by atoms with van der Waals surface area (Å²) in [5, 5.41) is 10.6. The second kappa shape index (κ2) is 8.78. The third-order valence-electron chi connectivity index (χ3n) is 7.09. The number of nitrogens with zero attached hydrogens (tertiary/aromatic N) is 2. The van der Waals surface area contributed by atoms with Crippen molar-refractivity contribution in [2.45, 2.75) is 57.1 Å². The second-order valence-corrected chi connectivity index (χ2v) is 10.6. The van der Waals surface area contributed by atoms with E-state index in [2.05, 4.69) is 59.0 Å². The fraction of sp³-hybridized carbons (Fsp3) is 0.370. The molecule has 2 N–H and O–H groups in total. The molecule has 0 spiro atoms. The number of amides is 1. The topological polar surface area (TPSA) is 86.3 Å². The Morgan fingerprint density at radius 3 is 2.59 bits per heavy atom. The number of aromatic nitrogens is 2. The third kappa shape index (κ3) is 4.12. The summed E-state index contributed by atoms with van der Waals surface area (Å²) >= 11 is 3.37. The van der Waals surface area contributed by atoms with Gasteiger partial charge in [-0.2, -0.15) is 0 Å². The molecule has 34 heavy (non-hydrogen) atoms. The molecule has 1 aliphatic carbocycles. The first-order valence-electron chi connectivity index (χ1n) is 11.7. The zero-order chi connectivity index (χ0) is 24.0. The highest BCUT2D eigenvalue weighted by Crippen LogP contribution is 2.52. The lowest BCUT2D eigenvalue weighted by Crippen LogP contribution is -2.42. The van der Waals surface area contributed by atoms with Crippen molar-refractivity contribution >= 4 is 21.8 Å². The van der Waals surface area contributed by atoms with E-state index in [1.165, 1.54) is 11.1 Å². The predicted molar refractivity (Wildman–Crippen MR) is 134 cm³/mol. The van der Waals surface area contributed by atoms with E-state index >= 15 is 0 Å². The molecule has 2 heterocycles. The monoisotopic (exact) mass is 521 g/mol. The van der Waals surface area contributed by atoms with Gasteiger partial charge in [0, 0.05) is 17.4 Å². The number of carbonyl (C=O) groups excluding carboxylic acids is 1. The van der Waals surface area contributed by atoms with Crippen molar-refractivity contribution in [2.75, 3.05) is 6.54 Å². The lowest BCUT2D eigenvalue weighted by Gasteiger charge is -2.30. The molecule has 1 aromatic heterocycles. The number of fused-ring (bicyclic) bond motifs is 1. The molecule has 2 aliphatic rings. The molecule has 0 saturated heterocycles. The van der Waals surface area contributed by atoms with Gasteiger partial charge in [0.1, 0.15) is 5.82 Å². The molecule has 3 aromatic rings. The first kappa shape index (κ1) is 23.0. The number of rotatable bonds is 5. The van der Waals surface area contributed by atoms with Crippen molar-refractivity contribution in [3.8, 4) is 0 Å². The molecule has 2 aromatic carbocycles. The van der Waals surface area contributed by atoms with Crippen LogP contribution in [-0.4, -0.2) is 32.4 Å². The van der Waals surface area contributed by atoms with Gasteiger partial charge in [0.25, 0.3) is 11.5 Å². The largest absolute Gasteiger partial charge is 0.378 e. The van der Waals surface area contributed by atoms with Gasteiger partial charge in [0.15, 0.2) is 6.10 Å². The number of aliphatic hydroxyl groups is 1. The van der Waals surface area contributed by atoms with Crippen molar-refractivity contribution in [3.05, 3.63) is 97.1 Å². The van der Waals surface area contributed by atoms with Crippen molar-refractivity contribution in [3.63, 3.8) is 0 Å². The van der Waals surface area contributed by atoms with E-state index in [9.17, 15) is 14.7 Å². The number of hydrogen-bond donors (Lipinski definition) is 2. The van der Waals surface area contributed by atoms with E-state index < -0.39 is 12.0 Å². The van der Waals surface area contributed by atoms with Crippen LogP contribution in [0.15, 0.2) is 57.8 Å². The van der Waals surface area contributed by atoms with E-state index in [0.29, 0.717) is 30.0 Å². The van der Waals surface area contributed by atoms with Crippen LogP contribution in [0.1, 0.15) is 72.5 Å². The van der Waals surface area contributed by atoms with Gasteiger partial charge in [0.05, 0.1) is 23.2 Å². The van der Waals surface area contributed by atoms with Gasteiger partial charge >= 0.3 is 0 Å². The Balaban J connectivity index is 1.40. The summed E-state index contributed by atoms with van der Waals surface area (Å²) in [4.78, 5) is 35.6. The zero-order valence-corrected chi connectivity index (χ0v) is 20.9. The first-order chi connectivity index (χ1) is 16.3. The van der Waals surface area contributed by atoms with E-state index in [4.69, 9.17) is 4.98 Å². The maximum atomic E-state index is 13.1. The fourth-order valence-corrected chi connectivity index (χ4v) is 5.23. The number of H-pyrrole nitrogens is 1. The molecule has 0 bridgehead atoms. The van der Waals surface area contributed by atoms with Gasteiger partial charge in [0.2, 0.25) is 0 Å². The average Bonchev–Trinajstić information content (AvgIpc) is 3.65. The minimum absolute atomic E-state index is 0.150. The highest BCUT2D eigenvalue weighted by molar-refractivity contribution is 9.10. The molecule has 1 amide bonds. The van der Waals surface area contributed by atoms with Crippen LogP contribution in [0.4, 0.5) is 0 Å². The highest BCUT2D eigenvalue weighted by atomic mass is 79.9. The lowest BCUT2D eigenvalue weighted by atomic mass is 9.90. The summed E-state index contributed by atoms with van der Waals surface area (Å²) in [5.74, 6) is 0.754. The second-order valence-electron chi connectivity index (χ2n) is 9.67. The normalized spacial score (nSPS) is 17.4. The lowest BCUT2D eigenvalue weighted by molar-refractivity contribution is -0.141. The summed E-state index contributed by atoms with van der Waals surface area (Å²) in [6.07, 6.45) is 1.14. The molecule has 1 aliphatic heterocycles. The van der Waals surface area contributed by atoms with E-state index in [-0.39, 0.29) is 17.5 Å². The first-order valence-corrected chi connectivity index (χ1v) is 12.5. The van der Waals surface area contributed by atoms with Crippen LogP contribution in [0.3, 0.4) is 0 Å². The smallest absolute Gasteiger partial charge is 0.256 e. The quantitative estimate of drug-likeness (QED) is 0.522. The molecule has 0 unspecified atom stereocenters. The van der Waals surface area contributed by atoms with Crippen LogP contribution in [0.25, 0.3) is 0 Å². The van der Waals surface area contributed by atoms with E-state index in [1.54, 1.807) is 23.1 Å². The molecule has 5 rings (SSSR count). The summed E-state index contributed by atoms with van der Waals surface area (Å²) in [6.45, 7) is 4.93. The predicted octanol–water partition coefficient (Wildman–Crippen LogP) is 4.35. The standard InChI is InChI=1S/C27H28BrN3O3/c1-16(2)17-5-3-7-19(13-17)27(10-11-27)26-29-22-9-12-31(15-21(22)24(33)30-26)25(34)23(32)18-6-4-8-20(28)14-18/h3-8,13-14,16,23,32H,9-12,15H2,1-2H3,(H,29,30,33)/t23-/m1/s1. The van der Waals surface area contributed by atoms with Gasteiger partial charge in [-0.1, -0.05) is 66.2 Å². The van der Waals surface area contributed by atoms with E-state index in [0.717, 1.165) is 28.8 Å². The van der Waals surface area contributed by atoms with Crippen LogP contribution < -0.4 is 5.56 Å². The molecule has 0 radical (unpaired) electrons. The molecule has 7 heteroatoms. The number of hydrogen-bond acceptors (Lipinski definition) is 4. The van der Waals surface area contributed by atoms with Gasteiger partial charge < -0.3 is 15.0 Å². The van der Waals surface area contributed by atoms with Crippen LogP contribution in [0, 0.1) is 0 Å². The van der Waals surface area contributed by atoms with Gasteiger partial charge in [-0.05, 0) is 47.6 Å². The fourth-order valence-electron chi connectivity index (χ4n) is 4.81. The van der Waals surface area contributed by atoms with E-state index in [1.807, 2.05) is 6.07 Å². The molecule has 6 nitrogen and oxygen atoms in total. The van der Waals surface area contributed by atoms with Crippen molar-refractivity contribution in [2.24, 2.45) is 0 Å². The maximum absolute atomic E-state index is 13.1. The minimum Gasteiger partial charge on any atom is -0.378 e. The molecule has 1 fully saturated rings. The van der Waals surface area contributed by atoms with Crippen molar-refractivity contribution < 1.29 is 9.90 Å². The average molecular weight is 522 g/mol. The molecule has 1 saturated carbocycles. The van der Waals surface area contributed by atoms with Gasteiger partial charge in [-0.15, -0.1) is 0 Å². The highest BCUT2D eigenvalue weighted by Gasteiger charge is 2.49. The summed E-state index contributed by atoms with van der Waals surface area (Å²) in [5.41, 5.74) is 3.84. The Hall–Kier alpha value is -2.77. The van der Waals surface area contributed by atoms with Crippen molar-refractivity contribution in [1.82, 2.24) is 14.9 Å². The summed E-state index contributed by atoms with van der Waals surface area (Å²) in [6, 6.07) is 15.7. The summed E-state index contributed by atoms with van der Waals surface area (Å²) in [7, 11) is 0. The Morgan fingerprint density at radius 1 is 1.15 bits per heavy atom. The van der Waals surface area contributed by atoms with Crippen LogP contribution >= 0.6 is 15.9 Å². The van der Waals surface area contributed by atoms with Crippen LogP contribution in [0.2, 0.25) is 0 Å². The number of halogens is 1. The number of aromatic amines is 1. The number of nitrogens with one attached hydrogen (secondary N) is 1. The Kier molecular flexibility index (Phi) is 5.94. The van der Waals surface area contributed by atoms with Crippen molar-refractivity contribution in [1.29, 1.82) is 0 Å². The van der Waals surface area contributed by atoms with Crippen LogP contribution in [-0.2, 0) is 23.2 Å². The Labute approximate surface area is 207 Å². The summed E-state index contributed by atoms with van der Waals surface area (Å²) < 4.78 is 0.793. The number of benzene rings is 2. The Morgan fingerprint density at radius 2 is 1.88 bits per heavy atom. The number of carbonyl (C=O) groups is 1. The van der Waals surface area contributed by atoms with Gasteiger partial charge in [-0.3, -0.25) is 9.59 Å². The molecular weight excluding hydrogens is 494 g/mol. The minimum atomic E-state index is -1.27. The number of aliphatic hydroxyl groups excluding tert-OH is 1. The zero-order valence-electron chi connectivity index (χ0n) is 19.3. The molecule has 176 valence electrons. The SMILES string of the molecule is CC(C)c1cccc(C2(c3nc4c(c(=O)[nH]3)CN(C(=O)[C@H](O)c3cccc(Br)c3)CC4)CC2)c1. The molecular formula is C27H28BrN3O3. The third-order valence-corrected chi connectivity index (χ3v) is 7.58. The maximum Gasteiger partial charge on any atom is 0.256 e. The molecule has 1 atom stereocenters.